The number of hydrogen-bond acceptors (Lipinski definition) is 2. The van der Waals surface area contributed by atoms with E-state index in [2.05, 4.69) is 18.7 Å². The molecular formula is C16H29NO. The summed E-state index contributed by atoms with van der Waals surface area (Å²) < 4.78 is 0. The second kappa shape index (κ2) is 6.18. The highest BCUT2D eigenvalue weighted by Crippen LogP contribution is 2.39. The summed E-state index contributed by atoms with van der Waals surface area (Å²) in [5, 5.41) is 0. The summed E-state index contributed by atoms with van der Waals surface area (Å²) in [6.45, 7) is 6.44. The fraction of sp³-hybridized carbons (Fsp3) is 0.938. The Morgan fingerprint density at radius 2 is 1.61 bits per heavy atom. The Morgan fingerprint density at radius 1 is 1.06 bits per heavy atom. The third kappa shape index (κ3) is 2.64. The van der Waals surface area contributed by atoms with E-state index in [0.29, 0.717) is 11.7 Å². The Morgan fingerprint density at radius 3 is 2.11 bits per heavy atom. The average molecular weight is 251 g/mol. The molecule has 0 bridgehead atoms. The maximum atomic E-state index is 12.8. The van der Waals surface area contributed by atoms with Gasteiger partial charge in [0.25, 0.3) is 0 Å². The highest BCUT2D eigenvalue weighted by atomic mass is 16.1. The van der Waals surface area contributed by atoms with Gasteiger partial charge < -0.3 is 0 Å². The summed E-state index contributed by atoms with van der Waals surface area (Å²) in [5.41, 5.74) is -0.0773. The number of nitrogens with zero attached hydrogens (tertiary/aromatic N) is 1. The van der Waals surface area contributed by atoms with Crippen molar-refractivity contribution in [1.82, 2.24) is 4.90 Å². The normalized spacial score (nSPS) is 23.9. The maximum Gasteiger partial charge on any atom is 0.153 e. The molecule has 2 rings (SSSR count). The Balaban J connectivity index is 2.05. The summed E-state index contributed by atoms with van der Waals surface area (Å²) in [7, 11) is 0. The summed E-state index contributed by atoms with van der Waals surface area (Å²) in [6, 6.07) is 0. The number of rotatable bonds is 6. The molecule has 2 heteroatoms. The lowest BCUT2D eigenvalue weighted by molar-refractivity contribution is -0.132. The third-order valence-corrected chi connectivity index (χ3v) is 5.27. The fourth-order valence-electron chi connectivity index (χ4n) is 4.23. The summed E-state index contributed by atoms with van der Waals surface area (Å²) in [6.07, 6.45) is 10.8. The van der Waals surface area contributed by atoms with Crippen LogP contribution in [0.3, 0.4) is 0 Å². The van der Waals surface area contributed by atoms with Crippen LogP contribution in [0.5, 0.6) is 0 Å². The molecule has 0 aromatic rings. The van der Waals surface area contributed by atoms with E-state index < -0.39 is 0 Å². The van der Waals surface area contributed by atoms with E-state index in [1.54, 1.807) is 0 Å². The molecule has 2 aliphatic rings. The number of likely N-dealkylation sites (N-methyl/N-ethyl adjacent to an activating group) is 1. The van der Waals surface area contributed by atoms with E-state index in [-0.39, 0.29) is 5.54 Å². The second-order valence-corrected chi connectivity index (χ2v) is 6.19. The minimum atomic E-state index is -0.0773. The Kier molecular flexibility index (Phi) is 4.83. The lowest BCUT2D eigenvalue weighted by Gasteiger charge is -2.39. The van der Waals surface area contributed by atoms with Crippen LogP contribution in [-0.2, 0) is 4.79 Å². The van der Waals surface area contributed by atoms with Gasteiger partial charge in [-0.25, -0.2) is 0 Å². The SMILES string of the molecule is CCN(CC)C1(C(=O)CC2CCCC2)CCCC1. The van der Waals surface area contributed by atoms with Crippen molar-refractivity contribution in [2.24, 2.45) is 5.92 Å². The summed E-state index contributed by atoms with van der Waals surface area (Å²) >= 11 is 0. The molecule has 2 aliphatic carbocycles. The molecule has 0 N–H and O–H groups in total. The summed E-state index contributed by atoms with van der Waals surface area (Å²) in [4.78, 5) is 15.3. The molecule has 0 saturated heterocycles. The second-order valence-electron chi connectivity index (χ2n) is 6.19. The molecule has 104 valence electrons. The molecule has 0 radical (unpaired) electrons. The van der Waals surface area contributed by atoms with Crippen molar-refractivity contribution >= 4 is 5.78 Å². The third-order valence-electron chi connectivity index (χ3n) is 5.27. The highest BCUT2D eigenvalue weighted by Gasteiger charge is 2.44. The van der Waals surface area contributed by atoms with E-state index in [0.717, 1.165) is 32.4 Å². The lowest BCUT2D eigenvalue weighted by atomic mass is 9.84. The number of Topliss-reactive ketones (excluding diaryl/α,β-unsaturated/α-hetero) is 1. The van der Waals surface area contributed by atoms with Crippen molar-refractivity contribution in [1.29, 1.82) is 0 Å². The standard InChI is InChI=1S/C16H29NO/c1-3-17(4-2)16(11-7-8-12-16)15(18)13-14-9-5-6-10-14/h14H,3-13H2,1-2H3. The zero-order valence-corrected chi connectivity index (χ0v) is 12.2. The van der Waals surface area contributed by atoms with Gasteiger partial charge in [-0.05, 0) is 31.8 Å². The molecular weight excluding hydrogens is 222 g/mol. The fourth-order valence-corrected chi connectivity index (χ4v) is 4.23. The average Bonchev–Trinajstić information content (AvgIpc) is 3.02. The van der Waals surface area contributed by atoms with Crippen LogP contribution in [0, 0.1) is 5.92 Å². The lowest BCUT2D eigenvalue weighted by Crippen LogP contribution is -2.53. The van der Waals surface area contributed by atoms with E-state index in [1.807, 2.05) is 0 Å². The van der Waals surface area contributed by atoms with Crippen LogP contribution >= 0.6 is 0 Å². The molecule has 0 unspecified atom stereocenters. The van der Waals surface area contributed by atoms with Crippen LogP contribution in [0.4, 0.5) is 0 Å². The van der Waals surface area contributed by atoms with Gasteiger partial charge in [0.15, 0.2) is 5.78 Å². The van der Waals surface area contributed by atoms with Gasteiger partial charge >= 0.3 is 0 Å². The van der Waals surface area contributed by atoms with Gasteiger partial charge in [0.05, 0.1) is 5.54 Å². The maximum absolute atomic E-state index is 12.8. The molecule has 18 heavy (non-hydrogen) atoms. The first kappa shape index (κ1) is 14.0. The van der Waals surface area contributed by atoms with Crippen molar-refractivity contribution in [3.63, 3.8) is 0 Å². The molecule has 0 aromatic carbocycles. The predicted molar refractivity (Wildman–Crippen MR) is 75.7 cm³/mol. The van der Waals surface area contributed by atoms with Crippen molar-refractivity contribution in [2.75, 3.05) is 13.1 Å². The monoisotopic (exact) mass is 251 g/mol. The molecule has 0 amide bonds. The largest absolute Gasteiger partial charge is 0.298 e. The molecule has 0 aliphatic heterocycles. The predicted octanol–water partition coefficient (Wildman–Crippen LogP) is 3.79. The zero-order chi connectivity index (χ0) is 13.0. The van der Waals surface area contributed by atoms with Crippen molar-refractivity contribution in [2.45, 2.75) is 77.2 Å². The smallest absolute Gasteiger partial charge is 0.153 e. The quantitative estimate of drug-likeness (QED) is 0.716. The van der Waals surface area contributed by atoms with Crippen LogP contribution in [0.2, 0.25) is 0 Å². The van der Waals surface area contributed by atoms with Gasteiger partial charge in [0, 0.05) is 6.42 Å². The van der Waals surface area contributed by atoms with Crippen LogP contribution in [0.25, 0.3) is 0 Å². The van der Waals surface area contributed by atoms with Crippen LogP contribution in [0.15, 0.2) is 0 Å². The van der Waals surface area contributed by atoms with Crippen molar-refractivity contribution in [3.05, 3.63) is 0 Å². The summed E-state index contributed by atoms with van der Waals surface area (Å²) in [5.74, 6) is 1.26. The first-order valence-corrected chi connectivity index (χ1v) is 8.01. The Bertz CT molecular complexity index is 271. The minimum absolute atomic E-state index is 0.0773. The van der Waals surface area contributed by atoms with Crippen LogP contribution in [-0.4, -0.2) is 29.3 Å². The van der Waals surface area contributed by atoms with Crippen LogP contribution in [0.1, 0.15) is 71.6 Å². The Labute approximate surface area is 112 Å². The van der Waals surface area contributed by atoms with Gasteiger partial charge in [-0.15, -0.1) is 0 Å². The first-order valence-electron chi connectivity index (χ1n) is 8.01. The van der Waals surface area contributed by atoms with E-state index in [4.69, 9.17) is 0 Å². The zero-order valence-electron chi connectivity index (χ0n) is 12.2. The molecule has 0 heterocycles. The number of carbonyl (C=O) groups excluding carboxylic acids is 1. The Hall–Kier alpha value is -0.370. The highest BCUT2D eigenvalue weighted by molar-refractivity contribution is 5.89. The van der Waals surface area contributed by atoms with Crippen LogP contribution < -0.4 is 0 Å². The molecule has 0 aromatic heterocycles. The molecule has 0 atom stereocenters. The number of ketones is 1. The van der Waals surface area contributed by atoms with Crippen molar-refractivity contribution in [3.8, 4) is 0 Å². The molecule has 0 spiro atoms. The van der Waals surface area contributed by atoms with E-state index in [9.17, 15) is 4.79 Å². The van der Waals surface area contributed by atoms with E-state index >= 15 is 0 Å². The minimum Gasteiger partial charge on any atom is -0.298 e. The molecule has 2 fully saturated rings. The molecule has 2 nitrogen and oxygen atoms in total. The number of hydrogen-bond donors (Lipinski definition) is 0. The van der Waals surface area contributed by atoms with Gasteiger partial charge in [0.1, 0.15) is 0 Å². The first-order chi connectivity index (χ1) is 8.73. The van der Waals surface area contributed by atoms with Gasteiger partial charge in [-0.3, -0.25) is 9.69 Å². The van der Waals surface area contributed by atoms with Crippen molar-refractivity contribution < 1.29 is 4.79 Å². The topological polar surface area (TPSA) is 20.3 Å². The van der Waals surface area contributed by atoms with Gasteiger partial charge in [0.2, 0.25) is 0 Å². The molecule has 2 saturated carbocycles. The van der Waals surface area contributed by atoms with Gasteiger partial charge in [-0.2, -0.15) is 0 Å². The number of carbonyl (C=O) groups is 1. The van der Waals surface area contributed by atoms with Gasteiger partial charge in [-0.1, -0.05) is 52.4 Å². The van der Waals surface area contributed by atoms with E-state index in [1.165, 1.54) is 38.5 Å².